The second-order valence-electron chi connectivity index (χ2n) is 6.44. The Bertz CT molecular complexity index is 973. The van der Waals surface area contributed by atoms with Crippen LogP contribution >= 0.6 is 0 Å². The highest BCUT2D eigenvalue weighted by Gasteiger charge is 2.14. The maximum absolute atomic E-state index is 12.3. The van der Waals surface area contributed by atoms with Gasteiger partial charge in [0.25, 0.3) is 5.91 Å². The average molecular weight is 413 g/mol. The first-order valence-electron chi connectivity index (χ1n) is 9.25. The van der Waals surface area contributed by atoms with Gasteiger partial charge in [0, 0.05) is 23.0 Å². The predicted molar refractivity (Wildman–Crippen MR) is 111 cm³/mol. The normalized spacial score (nSPS) is 12.7. The Kier molecular flexibility index (Phi) is 6.74. The number of carbonyl (C=O) groups excluding carboxylic acids is 2. The number of methoxy groups -OCH3 is 2. The van der Waals surface area contributed by atoms with Gasteiger partial charge in [-0.15, -0.1) is 0 Å². The largest absolute Gasteiger partial charge is 0.493 e. The van der Waals surface area contributed by atoms with E-state index in [-0.39, 0.29) is 12.3 Å². The molecular weight excluding hydrogens is 390 g/mol. The zero-order chi connectivity index (χ0) is 21.5. The van der Waals surface area contributed by atoms with Gasteiger partial charge in [0.15, 0.2) is 23.0 Å². The van der Waals surface area contributed by atoms with Gasteiger partial charge in [-0.25, -0.2) is 5.43 Å². The molecule has 1 heterocycles. The van der Waals surface area contributed by atoms with Crippen LogP contribution in [-0.2, 0) is 4.79 Å². The molecule has 0 bridgehead atoms. The molecule has 0 spiro atoms. The number of nitrogens with zero attached hydrogens (tertiary/aromatic N) is 1. The van der Waals surface area contributed by atoms with Crippen LogP contribution in [0.3, 0.4) is 0 Å². The van der Waals surface area contributed by atoms with E-state index in [4.69, 9.17) is 18.9 Å². The fourth-order valence-electron chi connectivity index (χ4n) is 2.79. The van der Waals surface area contributed by atoms with Crippen LogP contribution in [0, 0.1) is 0 Å². The number of hydrazone groups is 1. The summed E-state index contributed by atoms with van der Waals surface area (Å²) < 4.78 is 21.3. The lowest BCUT2D eigenvalue weighted by Gasteiger charge is -2.19. The van der Waals surface area contributed by atoms with Crippen molar-refractivity contribution in [3.05, 3.63) is 42.0 Å². The molecule has 0 saturated heterocycles. The van der Waals surface area contributed by atoms with Gasteiger partial charge in [0.2, 0.25) is 5.91 Å². The van der Waals surface area contributed by atoms with Crippen LogP contribution in [0.4, 0.5) is 5.69 Å². The molecule has 9 nitrogen and oxygen atoms in total. The number of hydrogen-bond donors (Lipinski definition) is 2. The summed E-state index contributed by atoms with van der Waals surface area (Å²) in [6, 6.07) is 9.96. The van der Waals surface area contributed by atoms with Crippen molar-refractivity contribution in [2.24, 2.45) is 5.10 Å². The van der Waals surface area contributed by atoms with Crippen LogP contribution < -0.4 is 29.7 Å². The first-order chi connectivity index (χ1) is 14.5. The van der Waals surface area contributed by atoms with Crippen LogP contribution in [0.25, 0.3) is 0 Å². The van der Waals surface area contributed by atoms with Gasteiger partial charge in [-0.1, -0.05) is 0 Å². The lowest BCUT2D eigenvalue weighted by atomic mass is 10.2. The number of hydrogen-bond acceptors (Lipinski definition) is 7. The summed E-state index contributed by atoms with van der Waals surface area (Å²) in [5.74, 6) is 1.49. The molecule has 1 aliphatic heterocycles. The topological polar surface area (TPSA) is 107 Å². The lowest BCUT2D eigenvalue weighted by molar-refractivity contribution is -0.115. The van der Waals surface area contributed by atoms with E-state index in [1.165, 1.54) is 14.2 Å². The molecule has 2 aromatic rings. The van der Waals surface area contributed by atoms with E-state index in [9.17, 15) is 9.59 Å². The third-order valence-corrected chi connectivity index (χ3v) is 4.24. The quantitative estimate of drug-likeness (QED) is 0.534. The smallest absolute Gasteiger partial charge is 0.271 e. The zero-order valence-electron chi connectivity index (χ0n) is 17.0. The van der Waals surface area contributed by atoms with Crippen molar-refractivity contribution < 1.29 is 28.5 Å². The molecule has 0 fully saturated rings. The zero-order valence-corrected chi connectivity index (χ0v) is 17.0. The van der Waals surface area contributed by atoms with Crippen molar-refractivity contribution in [2.75, 3.05) is 32.8 Å². The highest BCUT2D eigenvalue weighted by Crippen LogP contribution is 2.32. The lowest BCUT2D eigenvalue weighted by Crippen LogP contribution is -2.21. The fraction of sp³-hybridized carbons (Fsp3) is 0.286. The summed E-state index contributed by atoms with van der Waals surface area (Å²) in [5, 5.41) is 6.76. The molecule has 30 heavy (non-hydrogen) atoms. The molecule has 0 aromatic heterocycles. The minimum absolute atomic E-state index is 0.0145. The van der Waals surface area contributed by atoms with Crippen LogP contribution in [0.1, 0.15) is 23.7 Å². The van der Waals surface area contributed by atoms with Crippen molar-refractivity contribution in [1.29, 1.82) is 0 Å². The number of benzene rings is 2. The van der Waals surface area contributed by atoms with E-state index in [0.717, 1.165) is 0 Å². The van der Waals surface area contributed by atoms with E-state index in [2.05, 4.69) is 15.8 Å². The van der Waals surface area contributed by atoms with Crippen molar-refractivity contribution in [3.8, 4) is 23.0 Å². The number of rotatable bonds is 7. The fourth-order valence-corrected chi connectivity index (χ4v) is 2.79. The number of anilines is 1. The summed E-state index contributed by atoms with van der Waals surface area (Å²) in [5.41, 5.74) is 3.82. The predicted octanol–water partition coefficient (Wildman–Crippen LogP) is 2.61. The highest BCUT2D eigenvalue weighted by molar-refractivity contribution is 6.06. The third-order valence-electron chi connectivity index (χ3n) is 4.24. The molecule has 2 amide bonds. The van der Waals surface area contributed by atoms with E-state index in [0.29, 0.717) is 53.2 Å². The minimum atomic E-state index is -0.428. The second kappa shape index (κ2) is 9.64. The summed E-state index contributed by atoms with van der Waals surface area (Å²) in [6.07, 6.45) is 0.0145. The van der Waals surface area contributed by atoms with E-state index in [1.807, 2.05) is 0 Å². The summed E-state index contributed by atoms with van der Waals surface area (Å²) in [6.45, 7) is 2.62. The molecule has 2 aromatic carbocycles. The van der Waals surface area contributed by atoms with Gasteiger partial charge in [0.05, 0.1) is 20.6 Å². The maximum Gasteiger partial charge on any atom is 0.271 e. The summed E-state index contributed by atoms with van der Waals surface area (Å²) >= 11 is 0. The Morgan fingerprint density at radius 1 is 1.00 bits per heavy atom. The van der Waals surface area contributed by atoms with Crippen molar-refractivity contribution in [2.45, 2.75) is 13.3 Å². The molecule has 0 unspecified atom stereocenters. The van der Waals surface area contributed by atoms with Gasteiger partial charge in [-0.05, 0) is 37.3 Å². The molecule has 1 aliphatic rings. The van der Waals surface area contributed by atoms with Gasteiger partial charge in [0.1, 0.15) is 13.2 Å². The number of nitrogens with one attached hydrogen (secondary N) is 2. The molecule has 0 saturated carbocycles. The highest BCUT2D eigenvalue weighted by atomic mass is 16.6. The number of carbonyl (C=O) groups is 2. The first kappa shape index (κ1) is 21.0. The van der Waals surface area contributed by atoms with Crippen LogP contribution in [0.15, 0.2) is 41.5 Å². The molecule has 9 heteroatoms. The minimum Gasteiger partial charge on any atom is -0.493 e. The Hall–Kier alpha value is -3.75. The Labute approximate surface area is 174 Å². The van der Waals surface area contributed by atoms with E-state index >= 15 is 0 Å². The van der Waals surface area contributed by atoms with Crippen LogP contribution in [0.2, 0.25) is 0 Å². The van der Waals surface area contributed by atoms with Crippen molar-refractivity contribution >= 4 is 23.2 Å². The molecule has 0 atom stereocenters. The summed E-state index contributed by atoms with van der Waals surface area (Å²) in [4.78, 5) is 24.5. The average Bonchev–Trinajstić information content (AvgIpc) is 2.76. The summed E-state index contributed by atoms with van der Waals surface area (Å²) in [7, 11) is 3.00. The maximum atomic E-state index is 12.3. The molecule has 3 rings (SSSR count). The number of amides is 2. The van der Waals surface area contributed by atoms with Crippen molar-refractivity contribution in [1.82, 2.24) is 5.43 Å². The third kappa shape index (κ3) is 5.19. The molecule has 2 N–H and O–H groups in total. The molecule has 0 radical (unpaired) electrons. The standard InChI is InChI=1S/C21H23N3O6/c1-13(23-24-21(26)14-4-6-16(27-2)18(11-14)28-3)10-20(25)22-15-5-7-17-19(12-15)30-9-8-29-17/h4-7,11-12H,8-10H2,1-3H3,(H,22,25)(H,24,26). The molecule has 158 valence electrons. The van der Waals surface area contributed by atoms with E-state index in [1.54, 1.807) is 43.3 Å². The van der Waals surface area contributed by atoms with E-state index < -0.39 is 5.91 Å². The van der Waals surface area contributed by atoms with Crippen molar-refractivity contribution in [3.63, 3.8) is 0 Å². The second-order valence-corrected chi connectivity index (χ2v) is 6.44. The van der Waals surface area contributed by atoms with Crippen LogP contribution in [-0.4, -0.2) is 45.0 Å². The van der Waals surface area contributed by atoms with Gasteiger partial charge in [-0.3, -0.25) is 9.59 Å². The van der Waals surface area contributed by atoms with Gasteiger partial charge >= 0.3 is 0 Å². The van der Waals surface area contributed by atoms with Gasteiger partial charge < -0.3 is 24.3 Å². The number of fused-ring (bicyclic) bond motifs is 1. The monoisotopic (exact) mass is 413 g/mol. The number of ether oxygens (including phenoxy) is 4. The SMILES string of the molecule is COc1ccc(C(=O)NN=C(C)CC(=O)Nc2ccc3c(c2)OCCO3)cc1OC. The Morgan fingerprint density at radius 2 is 1.73 bits per heavy atom. The Balaban J connectivity index is 1.55. The van der Waals surface area contributed by atoms with Gasteiger partial charge in [-0.2, -0.15) is 5.10 Å². The first-order valence-corrected chi connectivity index (χ1v) is 9.25. The molecular formula is C21H23N3O6. The van der Waals surface area contributed by atoms with Crippen LogP contribution in [0.5, 0.6) is 23.0 Å². The Morgan fingerprint density at radius 3 is 2.47 bits per heavy atom. The molecule has 0 aliphatic carbocycles.